The van der Waals surface area contributed by atoms with E-state index in [1.807, 2.05) is 54.6 Å². The minimum atomic E-state index is -0.147. The number of nitrogens with one attached hydrogen (secondary N) is 1. The molecule has 1 N–H and O–H groups in total. The van der Waals surface area contributed by atoms with E-state index in [2.05, 4.69) is 32.8 Å². The van der Waals surface area contributed by atoms with Crippen LogP contribution in [-0.2, 0) is 4.79 Å². The largest absolute Gasteiger partial charge is 0.490 e. The van der Waals surface area contributed by atoms with Crippen molar-refractivity contribution in [3.8, 4) is 5.75 Å². The maximum atomic E-state index is 12.1. The predicted octanol–water partition coefficient (Wildman–Crippen LogP) is 4.91. The average molecular weight is 415 g/mol. The Bertz CT molecular complexity index is 860. The topological polar surface area (TPSA) is 50.7 Å². The second-order valence-corrected chi connectivity index (χ2v) is 7.08. The molecule has 0 unspecified atom stereocenters. The number of nitrogens with zero attached hydrogens (tertiary/aromatic N) is 1. The van der Waals surface area contributed by atoms with Crippen molar-refractivity contribution in [3.63, 3.8) is 0 Å². The van der Waals surface area contributed by atoms with Crippen molar-refractivity contribution in [1.82, 2.24) is 5.32 Å². The van der Waals surface area contributed by atoms with Crippen LogP contribution in [0.25, 0.3) is 6.08 Å². The van der Waals surface area contributed by atoms with E-state index in [1.54, 1.807) is 6.08 Å². The molecule has 2 aromatic rings. The van der Waals surface area contributed by atoms with Crippen molar-refractivity contribution in [2.45, 2.75) is 0 Å². The van der Waals surface area contributed by atoms with E-state index in [0.717, 1.165) is 21.5 Å². The number of ether oxygens (including phenoxy) is 1. The molecule has 1 aliphatic rings. The van der Waals surface area contributed by atoms with Crippen molar-refractivity contribution >= 4 is 50.5 Å². The fourth-order valence-electron chi connectivity index (χ4n) is 2.11. The Labute approximate surface area is 158 Å². The summed E-state index contributed by atoms with van der Waals surface area (Å²) in [5.74, 6) is 0.619. The maximum absolute atomic E-state index is 12.1. The summed E-state index contributed by atoms with van der Waals surface area (Å²) in [6.45, 7) is 4.08. The molecule has 1 saturated heterocycles. The van der Waals surface area contributed by atoms with Crippen molar-refractivity contribution in [3.05, 3.63) is 76.1 Å². The van der Waals surface area contributed by atoms with Crippen LogP contribution in [-0.4, -0.2) is 17.7 Å². The molecule has 0 saturated carbocycles. The summed E-state index contributed by atoms with van der Waals surface area (Å²) < 4.78 is 6.39. The number of aliphatic imine (C=N–C) groups is 1. The maximum Gasteiger partial charge on any atom is 0.264 e. The van der Waals surface area contributed by atoms with E-state index in [0.29, 0.717) is 16.7 Å². The molecule has 0 aromatic heterocycles. The van der Waals surface area contributed by atoms with Gasteiger partial charge in [0, 0.05) is 4.47 Å². The summed E-state index contributed by atoms with van der Waals surface area (Å²) in [4.78, 5) is 17.2. The highest BCUT2D eigenvalue weighted by molar-refractivity contribution is 9.10. The Hall–Kier alpha value is -2.31. The molecule has 0 aliphatic carbocycles. The zero-order valence-corrected chi connectivity index (χ0v) is 15.6. The van der Waals surface area contributed by atoms with Crippen LogP contribution in [0.5, 0.6) is 5.75 Å². The molecule has 25 heavy (non-hydrogen) atoms. The first-order valence-corrected chi connectivity index (χ1v) is 9.14. The normalized spacial score (nSPS) is 16.9. The van der Waals surface area contributed by atoms with Crippen molar-refractivity contribution < 1.29 is 9.53 Å². The van der Waals surface area contributed by atoms with E-state index in [4.69, 9.17) is 4.74 Å². The van der Waals surface area contributed by atoms with Gasteiger partial charge in [0.1, 0.15) is 12.4 Å². The minimum Gasteiger partial charge on any atom is -0.490 e. The molecule has 0 bridgehead atoms. The van der Waals surface area contributed by atoms with Crippen molar-refractivity contribution in [2.75, 3.05) is 6.61 Å². The first-order valence-electron chi connectivity index (χ1n) is 7.53. The predicted molar refractivity (Wildman–Crippen MR) is 107 cm³/mol. The number of benzene rings is 2. The van der Waals surface area contributed by atoms with Gasteiger partial charge in [-0.2, -0.15) is 0 Å². The Morgan fingerprint density at radius 2 is 2.04 bits per heavy atom. The average Bonchev–Trinajstić information content (AvgIpc) is 2.93. The highest BCUT2D eigenvalue weighted by atomic mass is 79.9. The quantitative estimate of drug-likeness (QED) is 0.558. The Morgan fingerprint density at radius 3 is 2.76 bits per heavy atom. The van der Waals surface area contributed by atoms with E-state index in [-0.39, 0.29) is 5.91 Å². The molecule has 1 aliphatic heterocycles. The fourth-order valence-corrected chi connectivity index (χ4v) is 3.34. The first kappa shape index (κ1) is 17.5. The number of hydrogen-bond donors (Lipinski definition) is 1. The molecule has 0 atom stereocenters. The lowest BCUT2D eigenvalue weighted by Gasteiger charge is -2.03. The Morgan fingerprint density at radius 1 is 1.24 bits per heavy atom. The van der Waals surface area contributed by atoms with Gasteiger partial charge in [-0.05, 0) is 53.7 Å². The van der Waals surface area contributed by atoms with Gasteiger partial charge in [0.2, 0.25) is 0 Å². The molecule has 126 valence electrons. The number of thioether (sulfide) groups is 1. The van der Waals surface area contributed by atoms with Crippen LogP contribution in [0.4, 0.5) is 5.69 Å². The van der Waals surface area contributed by atoms with Crippen LogP contribution in [0.3, 0.4) is 0 Å². The lowest BCUT2D eigenvalue weighted by Crippen LogP contribution is -2.19. The number of hydrogen-bond acceptors (Lipinski definition) is 4. The van der Waals surface area contributed by atoms with E-state index >= 15 is 0 Å². The molecule has 4 nitrogen and oxygen atoms in total. The van der Waals surface area contributed by atoms with Gasteiger partial charge in [0.15, 0.2) is 5.17 Å². The number of amidine groups is 1. The zero-order chi connectivity index (χ0) is 17.6. The standard InChI is InChI=1S/C19H15BrN2O2S/c1-2-10-24-16-8-6-13(7-9-16)11-17-18(23)22-19(25-17)21-15-5-3-4-14(20)12-15/h2-9,11-12H,1,10H2,(H,21,22,23)/b17-11-. The molecular formula is C19H15BrN2O2S. The summed E-state index contributed by atoms with van der Waals surface area (Å²) in [5, 5.41) is 3.36. The lowest BCUT2D eigenvalue weighted by atomic mass is 10.2. The van der Waals surface area contributed by atoms with E-state index in [9.17, 15) is 4.79 Å². The van der Waals surface area contributed by atoms with Gasteiger partial charge in [-0.3, -0.25) is 4.79 Å². The van der Waals surface area contributed by atoms with Gasteiger partial charge in [-0.1, -0.05) is 46.8 Å². The van der Waals surface area contributed by atoms with Crippen LogP contribution in [0.1, 0.15) is 5.56 Å². The van der Waals surface area contributed by atoms with Crippen LogP contribution in [0, 0.1) is 0 Å². The van der Waals surface area contributed by atoms with Crippen LogP contribution >= 0.6 is 27.7 Å². The second kappa shape index (κ2) is 8.18. The van der Waals surface area contributed by atoms with E-state index < -0.39 is 0 Å². The van der Waals surface area contributed by atoms with Gasteiger partial charge in [-0.15, -0.1) is 0 Å². The summed E-state index contributed by atoms with van der Waals surface area (Å²) in [6.07, 6.45) is 3.53. The number of carbonyl (C=O) groups excluding carboxylic acids is 1. The molecule has 6 heteroatoms. The van der Waals surface area contributed by atoms with Crippen LogP contribution in [0.2, 0.25) is 0 Å². The second-order valence-electron chi connectivity index (χ2n) is 5.13. The number of carbonyl (C=O) groups is 1. The zero-order valence-electron chi connectivity index (χ0n) is 13.2. The summed E-state index contributed by atoms with van der Waals surface area (Å²) in [6, 6.07) is 15.1. The van der Waals surface area contributed by atoms with Gasteiger partial charge >= 0.3 is 0 Å². The summed E-state index contributed by atoms with van der Waals surface area (Å²) in [5.41, 5.74) is 1.70. The molecular weight excluding hydrogens is 400 g/mol. The third kappa shape index (κ3) is 4.84. The van der Waals surface area contributed by atoms with Gasteiger partial charge in [-0.25, -0.2) is 4.99 Å². The molecule has 1 heterocycles. The fraction of sp³-hybridized carbons (Fsp3) is 0.0526. The number of halogens is 1. The number of amides is 1. The molecule has 0 spiro atoms. The Kier molecular flexibility index (Phi) is 5.73. The molecule has 0 radical (unpaired) electrons. The molecule has 2 aromatic carbocycles. The molecule has 1 amide bonds. The van der Waals surface area contributed by atoms with Crippen molar-refractivity contribution in [2.24, 2.45) is 4.99 Å². The lowest BCUT2D eigenvalue weighted by molar-refractivity contribution is -0.115. The first-order chi connectivity index (χ1) is 12.1. The van der Waals surface area contributed by atoms with Crippen LogP contribution in [0.15, 0.2) is 75.6 Å². The highest BCUT2D eigenvalue weighted by Gasteiger charge is 2.23. The smallest absolute Gasteiger partial charge is 0.264 e. The van der Waals surface area contributed by atoms with E-state index in [1.165, 1.54) is 11.8 Å². The third-order valence-electron chi connectivity index (χ3n) is 3.24. The van der Waals surface area contributed by atoms with Crippen molar-refractivity contribution in [1.29, 1.82) is 0 Å². The van der Waals surface area contributed by atoms with Gasteiger partial charge in [0.05, 0.1) is 10.6 Å². The van der Waals surface area contributed by atoms with Gasteiger partial charge < -0.3 is 10.1 Å². The third-order valence-corrected chi connectivity index (χ3v) is 4.64. The summed E-state index contributed by atoms with van der Waals surface area (Å²) in [7, 11) is 0. The summed E-state index contributed by atoms with van der Waals surface area (Å²) >= 11 is 4.73. The highest BCUT2D eigenvalue weighted by Crippen LogP contribution is 2.29. The molecule has 3 rings (SSSR count). The minimum absolute atomic E-state index is 0.147. The van der Waals surface area contributed by atoms with Gasteiger partial charge in [0.25, 0.3) is 5.91 Å². The monoisotopic (exact) mass is 414 g/mol. The number of rotatable bonds is 5. The molecule has 1 fully saturated rings. The SMILES string of the molecule is C=CCOc1ccc(/C=C2\SC(=Nc3cccc(Br)c3)NC2=O)cc1. The van der Waals surface area contributed by atoms with Crippen LogP contribution < -0.4 is 10.1 Å². The Balaban J connectivity index is 1.73.